The molecule has 0 spiro atoms. The molecule has 1 heterocycles. The highest BCUT2D eigenvalue weighted by molar-refractivity contribution is 5.80. The summed E-state index contributed by atoms with van der Waals surface area (Å²) in [6.07, 6.45) is 1.45. The first-order valence-corrected chi connectivity index (χ1v) is 6.80. The third kappa shape index (κ3) is 4.47. The Kier molecular flexibility index (Phi) is 4.76. The fourth-order valence-electron chi connectivity index (χ4n) is 2.13. The van der Waals surface area contributed by atoms with E-state index in [1.54, 1.807) is 11.8 Å². The summed E-state index contributed by atoms with van der Waals surface area (Å²) in [4.78, 5) is 24.5. The van der Waals surface area contributed by atoms with Crippen LogP contribution in [-0.4, -0.2) is 60.4 Å². The number of carboxylic acids is 1. The maximum Gasteiger partial charge on any atom is 0.306 e. The Morgan fingerprint density at radius 3 is 2.84 bits per heavy atom. The molecule has 1 amide bonds. The molecule has 0 aromatic rings. The van der Waals surface area contributed by atoms with Crippen LogP contribution < -0.4 is 0 Å². The summed E-state index contributed by atoms with van der Waals surface area (Å²) in [5, 5.41) is 8.74. The number of amides is 1. The van der Waals surface area contributed by atoms with Gasteiger partial charge in [-0.2, -0.15) is 0 Å². The van der Waals surface area contributed by atoms with Gasteiger partial charge in [0.25, 0.3) is 5.91 Å². The van der Waals surface area contributed by atoms with Gasteiger partial charge in [-0.25, -0.2) is 0 Å². The highest BCUT2D eigenvalue weighted by Crippen LogP contribution is 2.29. The van der Waals surface area contributed by atoms with Gasteiger partial charge in [0.15, 0.2) is 0 Å². The number of carbonyl (C=O) groups is 2. The van der Waals surface area contributed by atoms with E-state index in [9.17, 15) is 9.59 Å². The molecule has 0 bridgehead atoms. The lowest BCUT2D eigenvalue weighted by molar-refractivity contribution is -0.154. The molecule has 0 aromatic carbocycles. The average Bonchev–Trinajstić information content (AvgIpc) is 3.18. The van der Waals surface area contributed by atoms with E-state index >= 15 is 0 Å². The van der Waals surface area contributed by atoms with E-state index in [1.807, 2.05) is 0 Å². The lowest BCUT2D eigenvalue weighted by Crippen LogP contribution is -2.49. The SMILES string of the molecule is CC(OCC1CC1)C(=O)N1CCOC(CC(=O)O)C1. The smallest absolute Gasteiger partial charge is 0.306 e. The van der Waals surface area contributed by atoms with Crippen molar-refractivity contribution in [2.45, 2.75) is 38.4 Å². The molecule has 108 valence electrons. The summed E-state index contributed by atoms with van der Waals surface area (Å²) in [6, 6.07) is 0. The van der Waals surface area contributed by atoms with Gasteiger partial charge in [0.05, 0.1) is 25.7 Å². The normalized spacial score (nSPS) is 25.1. The number of nitrogens with zero attached hydrogens (tertiary/aromatic N) is 1. The maximum absolute atomic E-state index is 12.2. The molecule has 2 atom stereocenters. The molecule has 2 aliphatic rings. The van der Waals surface area contributed by atoms with Crippen molar-refractivity contribution in [1.29, 1.82) is 0 Å². The van der Waals surface area contributed by atoms with E-state index in [4.69, 9.17) is 14.6 Å². The molecule has 19 heavy (non-hydrogen) atoms. The molecule has 1 N–H and O–H groups in total. The summed E-state index contributed by atoms with van der Waals surface area (Å²) < 4.78 is 10.9. The fourth-order valence-corrected chi connectivity index (χ4v) is 2.13. The molecule has 1 saturated carbocycles. The second-order valence-electron chi connectivity index (χ2n) is 5.29. The molecule has 2 fully saturated rings. The van der Waals surface area contributed by atoms with E-state index in [1.165, 1.54) is 12.8 Å². The number of aliphatic carboxylic acids is 1. The van der Waals surface area contributed by atoms with Gasteiger partial charge < -0.3 is 19.5 Å². The molecule has 6 nitrogen and oxygen atoms in total. The Morgan fingerprint density at radius 1 is 1.47 bits per heavy atom. The third-order valence-electron chi connectivity index (χ3n) is 3.48. The Bertz CT molecular complexity index is 342. The van der Waals surface area contributed by atoms with E-state index in [0.29, 0.717) is 32.2 Å². The predicted molar refractivity (Wildman–Crippen MR) is 66.7 cm³/mol. The minimum absolute atomic E-state index is 0.0684. The lowest BCUT2D eigenvalue weighted by atomic mass is 10.2. The lowest BCUT2D eigenvalue weighted by Gasteiger charge is -2.33. The molecule has 1 aliphatic heterocycles. The zero-order valence-electron chi connectivity index (χ0n) is 11.2. The van der Waals surface area contributed by atoms with Crippen molar-refractivity contribution in [2.75, 3.05) is 26.3 Å². The molecule has 0 aromatic heterocycles. The predicted octanol–water partition coefficient (Wildman–Crippen LogP) is 0.504. The first-order chi connectivity index (χ1) is 9.06. The van der Waals surface area contributed by atoms with Gasteiger partial charge in [0.2, 0.25) is 0 Å². The Balaban J connectivity index is 1.77. The average molecular weight is 271 g/mol. The van der Waals surface area contributed by atoms with Crippen LogP contribution in [0.5, 0.6) is 0 Å². The number of rotatable bonds is 6. The van der Waals surface area contributed by atoms with Gasteiger partial charge >= 0.3 is 5.97 Å². The molecule has 1 saturated heterocycles. The number of hydrogen-bond acceptors (Lipinski definition) is 4. The van der Waals surface area contributed by atoms with Crippen LogP contribution in [0.15, 0.2) is 0 Å². The van der Waals surface area contributed by atoms with Gasteiger partial charge in [0.1, 0.15) is 6.10 Å². The summed E-state index contributed by atoms with van der Waals surface area (Å²) >= 11 is 0. The zero-order chi connectivity index (χ0) is 13.8. The van der Waals surface area contributed by atoms with Gasteiger partial charge in [-0.3, -0.25) is 9.59 Å². The fraction of sp³-hybridized carbons (Fsp3) is 0.846. The highest BCUT2D eigenvalue weighted by atomic mass is 16.5. The van der Waals surface area contributed by atoms with Crippen LogP contribution >= 0.6 is 0 Å². The molecular weight excluding hydrogens is 250 g/mol. The molecule has 1 aliphatic carbocycles. The minimum Gasteiger partial charge on any atom is -0.481 e. The second kappa shape index (κ2) is 6.34. The van der Waals surface area contributed by atoms with Gasteiger partial charge in [-0.05, 0) is 25.7 Å². The van der Waals surface area contributed by atoms with Crippen molar-refractivity contribution in [2.24, 2.45) is 5.92 Å². The van der Waals surface area contributed by atoms with Crippen LogP contribution in [0.4, 0.5) is 0 Å². The quantitative estimate of drug-likeness (QED) is 0.761. The minimum atomic E-state index is -0.905. The second-order valence-corrected chi connectivity index (χ2v) is 5.29. The maximum atomic E-state index is 12.2. The first-order valence-electron chi connectivity index (χ1n) is 6.80. The largest absolute Gasteiger partial charge is 0.481 e. The molecule has 6 heteroatoms. The van der Waals surface area contributed by atoms with Gasteiger partial charge in [0, 0.05) is 13.1 Å². The summed E-state index contributed by atoms with van der Waals surface area (Å²) in [6.45, 7) is 3.63. The Morgan fingerprint density at radius 2 is 2.21 bits per heavy atom. The molecular formula is C13H21NO5. The summed E-state index contributed by atoms with van der Waals surface area (Å²) in [5.41, 5.74) is 0. The van der Waals surface area contributed by atoms with Crippen molar-refractivity contribution in [1.82, 2.24) is 4.90 Å². The van der Waals surface area contributed by atoms with Crippen LogP contribution in [0.2, 0.25) is 0 Å². The van der Waals surface area contributed by atoms with E-state index in [-0.39, 0.29) is 12.3 Å². The van der Waals surface area contributed by atoms with E-state index < -0.39 is 18.2 Å². The van der Waals surface area contributed by atoms with Crippen molar-refractivity contribution in [3.63, 3.8) is 0 Å². The number of carbonyl (C=O) groups excluding carboxylic acids is 1. The van der Waals surface area contributed by atoms with Crippen LogP contribution in [0.3, 0.4) is 0 Å². The number of carboxylic acid groups (broad SMARTS) is 1. The van der Waals surface area contributed by atoms with Crippen LogP contribution in [0, 0.1) is 5.92 Å². The van der Waals surface area contributed by atoms with E-state index in [2.05, 4.69) is 0 Å². The Labute approximate surface area is 112 Å². The number of ether oxygens (including phenoxy) is 2. The standard InChI is InChI=1S/C13H21NO5/c1-9(19-8-10-2-3-10)13(17)14-4-5-18-11(7-14)6-12(15)16/h9-11H,2-8H2,1H3,(H,15,16). The van der Waals surface area contributed by atoms with Crippen molar-refractivity contribution in [3.8, 4) is 0 Å². The highest BCUT2D eigenvalue weighted by Gasteiger charge is 2.30. The van der Waals surface area contributed by atoms with Gasteiger partial charge in [-0.1, -0.05) is 0 Å². The van der Waals surface area contributed by atoms with Crippen LogP contribution in [-0.2, 0) is 19.1 Å². The number of morpholine rings is 1. The first kappa shape index (κ1) is 14.3. The topological polar surface area (TPSA) is 76.1 Å². The number of hydrogen-bond donors (Lipinski definition) is 1. The van der Waals surface area contributed by atoms with E-state index in [0.717, 1.165) is 0 Å². The Hall–Kier alpha value is -1.14. The monoisotopic (exact) mass is 271 g/mol. The van der Waals surface area contributed by atoms with Crippen molar-refractivity contribution in [3.05, 3.63) is 0 Å². The van der Waals surface area contributed by atoms with Crippen molar-refractivity contribution < 1.29 is 24.2 Å². The molecule has 2 rings (SSSR count). The van der Waals surface area contributed by atoms with Crippen LogP contribution in [0.25, 0.3) is 0 Å². The molecule has 2 unspecified atom stereocenters. The van der Waals surface area contributed by atoms with Crippen molar-refractivity contribution >= 4 is 11.9 Å². The van der Waals surface area contributed by atoms with Crippen LogP contribution in [0.1, 0.15) is 26.2 Å². The zero-order valence-corrected chi connectivity index (χ0v) is 11.2. The van der Waals surface area contributed by atoms with Gasteiger partial charge in [-0.15, -0.1) is 0 Å². The summed E-state index contributed by atoms with van der Waals surface area (Å²) in [5.74, 6) is -0.351. The third-order valence-corrected chi connectivity index (χ3v) is 3.48. The summed E-state index contributed by atoms with van der Waals surface area (Å²) in [7, 11) is 0. The molecule has 0 radical (unpaired) electrons.